The van der Waals surface area contributed by atoms with Crippen LogP contribution < -0.4 is 0 Å². The molecule has 1 aromatic carbocycles. The standard InChI is InChI=1S/C15H12BrF6N3O/c1-7(11-6-23-13(16)24-11)25(2)12(26)8-3-9(14(17,18)19)5-10(4-8)15(20,21)22/h3-5,7H,6H2,1-2H3. The fourth-order valence-corrected chi connectivity index (χ4v) is 2.60. The summed E-state index contributed by atoms with van der Waals surface area (Å²) in [5.74, 6) is -0.986. The van der Waals surface area contributed by atoms with Crippen LogP contribution in [0.5, 0.6) is 0 Å². The van der Waals surface area contributed by atoms with Crippen LogP contribution >= 0.6 is 15.9 Å². The summed E-state index contributed by atoms with van der Waals surface area (Å²) in [6, 6.07) is 0.129. The molecule has 0 aliphatic carbocycles. The molecule has 26 heavy (non-hydrogen) atoms. The van der Waals surface area contributed by atoms with Crippen LogP contribution in [0, 0.1) is 0 Å². The first-order valence-electron chi connectivity index (χ1n) is 7.14. The van der Waals surface area contributed by atoms with Gasteiger partial charge >= 0.3 is 12.4 Å². The van der Waals surface area contributed by atoms with Gasteiger partial charge in [-0.15, -0.1) is 0 Å². The molecule has 1 unspecified atom stereocenters. The Balaban J connectivity index is 2.40. The molecule has 0 bridgehead atoms. The highest BCUT2D eigenvalue weighted by molar-refractivity contribution is 9.18. The molecule has 4 nitrogen and oxygen atoms in total. The molecule has 0 saturated heterocycles. The van der Waals surface area contributed by atoms with Crippen molar-refractivity contribution in [3.63, 3.8) is 0 Å². The van der Waals surface area contributed by atoms with Crippen molar-refractivity contribution in [2.75, 3.05) is 13.6 Å². The van der Waals surface area contributed by atoms with Gasteiger partial charge < -0.3 is 4.90 Å². The molecule has 2 rings (SSSR count). The van der Waals surface area contributed by atoms with Crippen molar-refractivity contribution in [1.82, 2.24) is 4.90 Å². The van der Waals surface area contributed by atoms with E-state index in [4.69, 9.17) is 0 Å². The minimum Gasteiger partial charge on any atom is -0.334 e. The van der Waals surface area contributed by atoms with Gasteiger partial charge in [0.1, 0.15) is 0 Å². The SMILES string of the molecule is CC(C1=NC(Br)=NC1)N(C)C(=O)c1cc(C(F)(F)F)cc(C(F)(F)F)c1. The zero-order valence-electron chi connectivity index (χ0n) is 13.4. The van der Waals surface area contributed by atoms with Crippen LogP contribution in [-0.4, -0.2) is 40.9 Å². The number of rotatable bonds is 3. The Hall–Kier alpha value is -1.91. The van der Waals surface area contributed by atoms with Gasteiger partial charge in [0.25, 0.3) is 5.91 Å². The summed E-state index contributed by atoms with van der Waals surface area (Å²) >= 11 is 3.05. The summed E-state index contributed by atoms with van der Waals surface area (Å²) < 4.78 is 77.8. The maximum absolute atomic E-state index is 12.9. The van der Waals surface area contributed by atoms with Crippen LogP contribution in [0.2, 0.25) is 0 Å². The third kappa shape index (κ3) is 4.43. The van der Waals surface area contributed by atoms with E-state index in [-0.39, 0.29) is 12.6 Å². The van der Waals surface area contributed by atoms with Gasteiger partial charge in [-0.25, -0.2) is 4.99 Å². The van der Waals surface area contributed by atoms with Crippen molar-refractivity contribution < 1.29 is 31.1 Å². The molecular weight excluding hydrogens is 432 g/mol. The van der Waals surface area contributed by atoms with Gasteiger partial charge in [-0.1, -0.05) is 0 Å². The minimum absolute atomic E-state index is 0.0216. The molecule has 1 amide bonds. The van der Waals surface area contributed by atoms with Crippen LogP contribution in [-0.2, 0) is 12.4 Å². The number of carbonyl (C=O) groups excluding carboxylic acids is 1. The Kier molecular flexibility index (Phi) is 5.50. The number of hydrogen-bond acceptors (Lipinski definition) is 3. The van der Waals surface area contributed by atoms with E-state index in [9.17, 15) is 31.1 Å². The molecule has 1 aliphatic rings. The second-order valence-electron chi connectivity index (χ2n) is 5.57. The third-order valence-corrected chi connectivity index (χ3v) is 4.25. The number of hydrogen-bond donors (Lipinski definition) is 0. The van der Waals surface area contributed by atoms with Gasteiger partial charge in [-0.3, -0.25) is 9.79 Å². The van der Waals surface area contributed by atoms with Crippen LogP contribution in [0.25, 0.3) is 0 Å². The van der Waals surface area contributed by atoms with E-state index in [1.54, 1.807) is 6.92 Å². The number of amidine groups is 1. The van der Waals surface area contributed by atoms with E-state index in [0.717, 1.165) is 4.90 Å². The second-order valence-corrected chi connectivity index (χ2v) is 6.28. The van der Waals surface area contributed by atoms with E-state index in [2.05, 4.69) is 25.9 Å². The summed E-state index contributed by atoms with van der Waals surface area (Å²) in [6.45, 7) is 1.73. The first-order valence-corrected chi connectivity index (χ1v) is 7.94. The van der Waals surface area contributed by atoms with Gasteiger partial charge in [-0.05, 0) is 41.1 Å². The highest BCUT2D eigenvalue weighted by atomic mass is 79.9. The molecule has 0 fully saturated rings. The molecule has 0 saturated carbocycles. The highest BCUT2D eigenvalue weighted by Crippen LogP contribution is 2.36. The minimum atomic E-state index is -5.02. The zero-order chi connectivity index (χ0) is 19.9. The Labute approximate surface area is 152 Å². The van der Waals surface area contributed by atoms with Gasteiger partial charge in [0.15, 0.2) is 4.74 Å². The molecule has 142 valence electrons. The number of nitrogens with zero attached hydrogens (tertiary/aromatic N) is 3. The predicted octanol–water partition coefficient (Wildman–Crippen LogP) is 4.39. The van der Waals surface area contributed by atoms with E-state index in [1.807, 2.05) is 0 Å². The largest absolute Gasteiger partial charge is 0.416 e. The van der Waals surface area contributed by atoms with Crippen LogP contribution in [0.15, 0.2) is 28.2 Å². The number of carbonyl (C=O) groups is 1. The summed E-state index contributed by atoms with van der Waals surface area (Å²) in [5.41, 5.74) is -3.34. The average molecular weight is 444 g/mol. The van der Waals surface area contributed by atoms with Crippen molar-refractivity contribution in [3.05, 3.63) is 34.9 Å². The van der Waals surface area contributed by atoms with Crippen molar-refractivity contribution in [2.24, 2.45) is 9.98 Å². The van der Waals surface area contributed by atoms with E-state index < -0.39 is 41.0 Å². The maximum atomic E-state index is 12.9. The average Bonchev–Trinajstić information content (AvgIpc) is 2.97. The number of halogens is 7. The van der Waals surface area contributed by atoms with Crippen LogP contribution in [0.4, 0.5) is 26.3 Å². The lowest BCUT2D eigenvalue weighted by Crippen LogP contribution is -2.41. The summed E-state index contributed by atoms with van der Waals surface area (Å²) in [6.07, 6.45) is -10.0. The molecule has 1 aliphatic heterocycles. The number of alkyl halides is 6. The predicted molar refractivity (Wildman–Crippen MR) is 86.7 cm³/mol. The van der Waals surface area contributed by atoms with E-state index in [0.29, 0.717) is 22.6 Å². The van der Waals surface area contributed by atoms with Crippen molar-refractivity contribution in [1.29, 1.82) is 0 Å². The molecular formula is C15H12BrF6N3O. The van der Waals surface area contributed by atoms with E-state index in [1.165, 1.54) is 7.05 Å². The quantitative estimate of drug-likeness (QED) is 0.504. The van der Waals surface area contributed by atoms with Crippen molar-refractivity contribution >= 4 is 32.3 Å². The lowest BCUT2D eigenvalue weighted by atomic mass is 10.0. The Morgan fingerprint density at radius 3 is 2.00 bits per heavy atom. The molecule has 11 heteroatoms. The highest BCUT2D eigenvalue weighted by Gasteiger charge is 2.38. The maximum Gasteiger partial charge on any atom is 0.416 e. The summed E-state index contributed by atoms with van der Waals surface area (Å²) in [7, 11) is 1.27. The molecule has 1 aromatic rings. The fourth-order valence-electron chi connectivity index (χ4n) is 2.24. The molecule has 0 N–H and O–H groups in total. The lowest BCUT2D eigenvalue weighted by molar-refractivity contribution is -0.143. The van der Waals surface area contributed by atoms with Crippen LogP contribution in [0.1, 0.15) is 28.4 Å². The number of aliphatic imine (C=N–C) groups is 2. The second kappa shape index (κ2) is 7.01. The smallest absolute Gasteiger partial charge is 0.334 e. The molecule has 0 aromatic heterocycles. The first kappa shape index (κ1) is 20.4. The third-order valence-electron chi connectivity index (χ3n) is 3.83. The fraction of sp³-hybridized carbons (Fsp3) is 0.400. The topological polar surface area (TPSA) is 45.0 Å². The van der Waals surface area contributed by atoms with Gasteiger partial charge in [0, 0.05) is 12.6 Å². The Morgan fingerprint density at radius 2 is 1.62 bits per heavy atom. The molecule has 1 heterocycles. The number of amides is 1. The first-order chi connectivity index (χ1) is 11.8. The van der Waals surface area contributed by atoms with Gasteiger partial charge in [-0.2, -0.15) is 26.3 Å². The van der Waals surface area contributed by atoms with E-state index >= 15 is 0 Å². The molecule has 0 spiro atoms. The lowest BCUT2D eigenvalue weighted by Gasteiger charge is -2.25. The molecule has 0 radical (unpaired) electrons. The summed E-state index contributed by atoms with van der Waals surface area (Å²) in [5, 5.41) is 0. The monoisotopic (exact) mass is 443 g/mol. The summed E-state index contributed by atoms with van der Waals surface area (Å²) in [4.78, 5) is 21.5. The normalized spacial score (nSPS) is 16.2. The van der Waals surface area contributed by atoms with Gasteiger partial charge in [0.2, 0.25) is 0 Å². The van der Waals surface area contributed by atoms with Crippen LogP contribution in [0.3, 0.4) is 0 Å². The zero-order valence-corrected chi connectivity index (χ0v) is 15.0. The molecule has 1 atom stereocenters. The van der Waals surface area contributed by atoms with Gasteiger partial charge in [0.05, 0.1) is 29.4 Å². The Bertz CT molecular complexity index is 752. The van der Waals surface area contributed by atoms with Crippen molar-refractivity contribution in [3.8, 4) is 0 Å². The Morgan fingerprint density at radius 1 is 1.12 bits per heavy atom. The number of benzene rings is 1. The van der Waals surface area contributed by atoms with Crippen molar-refractivity contribution in [2.45, 2.75) is 25.3 Å².